The standard InChI is InChI=1S/C31H33N5O3S/c1-6-40-31-34-30-32-21(4)27(29(37)33-24-9-7-8-20(3)16-24)28(36(30)35-31)23-14-15-25(26(17-23)38-5)39-18-22-12-10-19(2)11-13-22/h7-17,28H,6,18H2,1-5H3,(H,33,37)(H,32,34,35). The van der Waals surface area contributed by atoms with E-state index in [0.29, 0.717) is 40.5 Å². The summed E-state index contributed by atoms with van der Waals surface area (Å²) in [5.41, 5.74) is 6.14. The molecule has 2 N–H and O–H groups in total. The predicted octanol–water partition coefficient (Wildman–Crippen LogP) is 6.52. The zero-order valence-electron chi connectivity index (χ0n) is 23.3. The number of methoxy groups -OCH3 is 1. The molecule has 2 heterocycles. The number of benzene rings is 3. The minimum Gasteiger partial charge on any atom is -0.493 e. The number of ether oxygens (including phenoxy) is 2. The SMILES string of the molecule is CCSc1nc2n(n1)C(c1ccc(OCc3ccc(C)cc3)c(OC)c1)C(C(=O)Nc1cccc(C)c1)=C(C)N2. The van der Waals surface area contributed by atoms with Crippen molar-refractivity contribution in [3.8, 4) is 11.5 Å². The minimum absolute atomic E-state index is 0.217. The van der Waals surface area contributed by atoms with Crippen LogP contribution in [0.1, 0.15) is 42.1 Å². The molecule has 1 atom stereocenters. The summed E-state index contributed by atoms with van der Waals surface area (Å²) < 4.78 is 13.6. The van der Waals surface area contributed by atoms with Gasteiger partial charge in [0.2, 0.25) is 11.1 Å². The largest absolute Gasteiger partial charge is 0.493 e. The second-order valence-corrected chi connectivity index (χ2v) is 10.9. The van der Waals surface area contributed by atoms with Crippen LogP contribution in [0.15, 0.2) is 83.2 Å². The summed E-state index contributed by atoms with van der Waals surface area (Å²) in [6, 6.07) is 21.2. The average Bonchev–Trinajstić information content (AvgIpc) is 3.34. The quantitative estimate of drug-likeness (QED) is 0.227. The lowest BCUT2D eigenvalue weighted by Gasteiger charge is -2.29. The molecule has 0 bridgehead atoms. The highest BCUT2D eigenvalue weighted by Gasteiger charge is 2.35. The van der Waals surface area contributed by atoms with Crippen molar-refractivity contribution < 1.29 is 14.3 Å². The molecule has 9 heteroatoms. The Balaban J connectivity index is 1.51. The molecule has 0 spiro atoms. The van der Waals surface area contributed by atoms with Gasteiger partial charge in [0.15, 0.2) is 11.5 Å². The molecule has 1 amide bonds. The first-order valence-corrected chi connectivity index (χ1v) is 14.2. The number of amides is 1. The number of hydrogen-bond acceptors (Lipinski definition) is 7. The van der Waals surface area contributed by atoms with Crippen LogP contribution >= 0.6 is 11.8 Å². The minimum atomic E-state index is -0.528. The first-order chi connectivity index (χ1) is 19.4. The van der Waals surface area contributed by atoms with Crippen LogP contribution in [0.4, 0.5) is 11.6 Å². The van der Waals surface area contributed by atoms with E-state index in [9.17, 15) is 4.79 Å². The van der Waals surface area contributed by atoms with Crippen LogP contribution in [0.3, 0.4) is 0 Å². The average molecular weight is 556 g/mol. The Morgan fingerprint density at radius 1 is 1.02 bits per heavy atom. The van der Waals surface area contributed by atoms with Gasteiger partial charge < -0.3 is 20.1 Å². The van der Waals surface area contributed by atoms with E-state index in [2.05, 4.69) is 53.7 Å². The number of rotatable bonds is 9. The maximum absolute atomic E-state index is 13.8. The molecule has 5 rings (SSSR count). The Morgan fingerprint density at radius 3 is 2.55 bits per heavy atom. The van der Waals surface area contributed by atoms with Crippen LogP contribution < -0.4 is 20.1 Å². The zero-order chi connectivity index (χ0) is 28.2. The van der Waals surface area contributed by atoms with E-state index in [1.54, 1.807) is 23.6 Å². The Kier molecular flexibility index (Phi) is 8.11. The number of aromatic nitrogens is 3. The number of nitrogens with one attached hydrogen (secondary N) is 2. The number of nitrogens with zero attached hydrogens (tertiary/aromatic N) is 3. The summed E-state index contributed by atoms with van der Waals surface area (Å²) in [7, 11) is 1.61. The second-order valence-electron chi connectivity index (χ2n) is 9.67. The van der Waals surface area contributed by atoms with E-state index >= 15 is 0 Å². The molecule has 0 aliphatic carbocycles. The lowest BCUT2D eigenvalue weighted by molar-refractivity contribution is -0.113. The third-order valence-corrected chi connectivity index (χ3v) is 7.37. The maximum atomic E-state index is 13.8. The van der Waals surface area contributed by atoms with Crippen molar-refractivity contribution in [3.05, 3.63) is 100 Å². The molecule has 0 saturated heterocycles. The fraction of sp³-hybridized carbons (Fsp3) is 0.258. The van der Waals surface area contributed by atoms with Gasteiger partial charge in [-0.3, -0.25) is 4.79 Å². The smallest absolute Gasteiger partial charge is 0.255 e. The Bertz CT molecular complexity index is 1560. The number of carbonyl (C=O) groups is 1. The van der Waals surface area contributed by atoms with Gasteiger partial charge in [0, 0.05) is 11.4 Å². The number of carbonyl (C=O) groups excluding carboxylic acids is 1. The van der Waals surface area contributed by atoms with E-state index in [0.717, 1.165) is 28.1 Å². The molecule has 8 nitrogen and oxygen atoms in total. The number of aryl methyl sites for hydroxylation is 2. The molecule has 1 unspecified atom stereocenters. The Morgan fingerprint density at radius 2 is 1.82 bits per heavy atom. The van der Waals surface area contributed by atoms with E-state index in [4.69, 9.17) is 14.6 Å². The molecular formula is C31H33N5O3S. The summed E-state index contributed by atoms with van der Waals surface area (Å²) in [5, 5.41) is 11.8. The molecular weight excluding hydrogens is 522 g/mol. The maximum Gasteiger partial charge on any atom is 0.255 e. The highest BCUT2D eigenvalue weighted by atomic mass is 32.2. The summed E-state index contributed by atoms with van der Waals surface area (Å²) in [6.07, 6.45) is 0. The van der Waals surface area contributed by atoms with Crippen LogP contribution in [-0.4, -0.2) is 33.5 Å². The van der Waals surface area contributed by atoms with Gasteiger partial charge >= 0.3 is 0 Å². The van der Waals surface area contributed by atoms with Crippen molar-refractivity contribution in [2.45, 2.75) is 45.5 Å². The monoisotopic (exact) mass is 555 g/mol. The summed E-state index contributed by atoms with van der Waals surface area (Å²) in [6.45, 7) is 8.41. The van der Waals surface area contributed by atoms with Crippen molar-refractivity contribution in [3.63, 3.8) is 0 Å². The van der Waals surface area contributed by atoms with Crippen molar-refractivity contribution in [1.29, 1.82) is 0 Å². The van der Waals surface area contributed by atoms with Gasteiger partial charge in [0.1, 0.15) is 12.6 Å². The Hall–Kier alpha value is -4.24. The van der Waals surface area contributed by atoms with Crippen LogP contribution in [0.2, 0.25) is 0 Å². The van der Waals surface area contributed by atoms with E-state index in [1.165, 1.54) is 5.56 Å². The number of thioether (sulfide) groups is 1. The van der Waals surface area contributed by atoms with Crippen molar-refractivity contribution in [1.82, 2.24) is 14.8 Å². The van der Waals surface area contributed by atoms with Crippen molar-refractivity contribution >= 4 is 29.3 Å². The third kappa shape index (κ3) is 5.84. The molecule has 1 aliphatic heterocycles. The molecule has 4 aromatic rings. The van der Waals surface area contributed by atoms with Crippen molar-refractivity contribution in [2.75, 3.05) is 23.5 Å². The molecule has 0 fully saturated rings. The first kappa shape index (κ1) is 27.3. The van der Waals surface area contributed by atoms with E-state index < -0.39 is 6.04 Å². The molecule has 206 valence electrons. The summed E-state index contributed by atoms with van der Waals surface area (Å²) in [5.74, 6) is 2.40. The van der Waals surface area contributed by atoms with Crippen LogP contribution in [0, 0.1) is 13.8 Å². The highest BCUT2D eigenvalue weighted by Crippen LogP contribution is 2.40. The second kappa shape index (κ2) is 11.9. The molecule has 40 heavy (non-hydrogen) atoms. The fourth-order valence-electron chi connectivity index (χ4n) is 4.66. The van der Waals surface area contributed by atoms with Gasteiger partial charge in [-0.15, -0.1) is 5.10 Å². The van der Waals surface area contributed by atoms with Gasteiger partial charge in [-0.2, -0.15) is 4.98 Å². The fourth-order valence-corrected chi connectivity index (χ4v) is 5.22. The lowest BCUT2D eigenvalue weighted by atomic mass is 9.94. The number of allylic oxidation sites excluding steroid dienone is 1. The van der Waals surface area contributed by atoms with Gasteiger partial charge in [0.05, 0.1) is 12.7 Å². The van der Waals surface area contributed by atoms with E-state index in [1.807, 2.05) is 56.3 Å². The highest BCUT2D eigenvalue weighted by molar-refractivity contribution is 7.99. The summed E-state index contributed by atoms with van der Waals surface area (Å²) >= 11 is 1.55. The number of hydrogen-bond donors (Lipinski definition) is 2. The molecule has 1 aliphatic rings. The van der Waals surface area contributed by atoms with Crippen LogP contribution in [0.5, 0.6) is 11.5 Å². The number of anilines is 2. The van der Waals surface area contributed by atoms with E-state index in [-0.39, 0.29) is 5.91 Å². The van der Waals surface area contributed by atoms with Gasteiger partial charge in [-0.25, -0.2) is 4.68 Å². The number of fused-ring (bicyclic) bond motifs is 1. The summed E-state index contributed by atoms with van der Waals surface area (Å²) in [4.78, 5) is 18.5. The van der Waals surface area contributed by atoms with Gasteiger partial charge in [-0.05, 0) is 67.5 Å². The normalized spacial score (nSPS) is 14.4. The van der Waals surface area contributed by atoms with Crippen molar-refractivity contribution in [2.24, 2.45) is 0 Å². The predicted molar refractivity (Wildman–Crippen MR) is 159 cm³/mol. The molecule has 0 radical (unpaired) electrons. The first-order valence-electron chi connectivity index (χ1n) is 13.2. The van der Waals surface area contributed by atoms with Gasteiger partial charge in [-0.1, -0.05) is 66.7 Å². The third-order valence-electron chi connectivity index (χ3n) is 6.65. The molecule has 0 saturated carbocycles. The zero-order valence-corrected chi connectivity index (χ0v) is 24.1. The Labute approximate surface area is 238 Å². The molecule has 3 aromatic carbocycles. The van der Waals surface area contributed by atoms with Crippen LogP contribution in [0.25, 0.3) is 0 Å². The molecule has 1 aromatic heterocycles. The van der Waals surface area contributed by atoms with Gasteiger partial charge in [0.25, 0.3) is 5.91 Å². The topological polar surface area (TPSA) is 90.3 Å². The lowest BCUT2D eigenvalue weighted by Crippen LogP contribution is -2.31. The van der Waals surface area contributed by atoms with Crippen LogP contribution in [-0.2, 0) is 11.4 Å².